The van der Waals surface area contributed by atoms with E-state index >= 15 is 0 Å². The van der Waals surface area contributed by atoms with Crippen LogP contribution in [0.1, 0.15) is 47.2 Å². The quantitative estimate of drug-likeness (QED) is 0.898. The van der Waals surface area contributed by atoms with Gasteiger partial charge in [0, 0.05) is 22.8 Å². The summed E-state index contributed by atoms with van der Waals surface area (Å²) in [4.78, 5) is 4.50. The molecule has 1 heterocycles. The minimum absolute atomic E-state index is 0.0674. The Morgan fingerprint density at radius 1 is 1.35 bits per heavy atom. The van der Waals surface area contributed by atoms with Crippen molar-refractivity contribution in [3.63, 3.8) is 0 Å². The molecule has 0 spiro atoms. The smallest absolute Gasteiger partial charge is 0.0874 e. The molecular weight excluding hydrogens is 270 g/mol. The highest BCUT2D eigenvalue weighted by Crippen LogP contribution is 2.39. The fourth-order valence-corrected chi connectivity index (χ4v) is 3.42. The summed E-state index contributed by atoms with van der Waals surface area (Å²) in [7, 11) is 0. The first kappa shape index (κ1) is 13.6. The Morgan fingerprint density at radius 3 is 3.00 bits per heavy atom. The third-order valence-corrected chi connectivity index (χ3v) is 4.24. The van der Waals surface area contributed by atoms with Gasteiger partial charge in [-0.15, -0.1) is 0 Å². The van der Waals surface area contributed by atoms with Crippen molar-refractivity contribution in [3.05, 3.63) is 63.9 Å². The summed E-state index contributed by atoms with van der Waals surface area (Å²) < 4.78 is 0. The summed E-state index contributed by atoms with van der Waals surface area (Å²) in [5.74, 6) is 0.0674. The van der Waals surface area contributed by atoms with E-state index in [-0.39, 0.29) is 5.92 Å². The topological polar surface area (TPSA) is 33.1 Å². The van der Waals surface area contributed by atoms with Crippen LogP contribution in [0.2, 0.25) is 5.02 Å². The minimum atomic E-state index is -0.540. The lowest BCUT2D eigenvalue weighted by molar-refractivity contribution is 0.134. The molecule has 2 nitrogen and oxygen atoms in total. The molecule has 0 saturated heterocycles. The molecule has 1 aromatic heterocycles. The highest BCUT2D eigenvalue weighted by atomic mass is 35.5. The molecule has 20 heavy (non-hydrogen) atoms. The summed E-state index contributed by atoms with van der Waals surface area (Å²) in [5, 5.41) is 11.4. The molecule has 1 aromatic carbocycles. The predicted molar refractivity (Wildman–Crippen MR) is 81.1 cm³/mol. The molecule has 2 atom stereocenters. The van der Waals surface area contributed by atoms with Crippen molar-refractivity contribution in [2.75, 3.05) is 0 Å². The van der Waals surface area contributed by atoms with E-state index in [0.29, 0.717) is 5.02 Å². The van der Waals surface area contributed by atoms with Crippen LogP contribution in [0.15, 0.2) is 36.5 Å². The van der Waals surface area contributed by atoms with Crippen molar-refractivity contribution >= 4 is 11.6 Å². The summed E-state index contributed by atoms with van der Waals surface area (Å²) in [6, 6.07) is 9.86. The number of hydrogen-bond acceptors (Lipinski definition) is 2. The van der Waals surface area contributed by atoms with Gasteiger partial charge in [0.25, 0.3) is 0 Å². The lowest BCUT2D eigenvalue weighted by Gasteiger charge is -2.28. The van der Waals surface area contributed by atoms with Crippen LogP contribution >= 0.6 is 11.6 Å². The first-order valence-electron chi connectivity index (χ1n) is 7.04. The molecular formula is C17H18ClNO. The number of rotatable bonds is 2. The van der Waals surface area contributed by atoms with Gasteiger partial charge in [-0.2, -0.15) is 0 Å². The number of fused-ring (bicyclic) bond motifs is 1. The van der Waals surface area contributed by atoms with E-state index in [4.69, 9.17) is 11.6 Å². The van der Waals surface area contributed by atoms with Gasteiger partial charge in [-0.1, -0.05) is 23.7 Å². The van der Waals surface area contributed by atoms with Crippen LogP contribution in [0.5, 0.6) is 0 Å². The molecule has 104 valence electrons. The summed E-state index contributed by atoms with van der Waals surface area (Å²) >= 11 is 6.11. The Labute approximate surface area is 124 Å². The van der Waals surface area contributed by atoms with Crippen LogP contribution in [0, 0.1) is 6.92 Å². The van der Waals surface area contributed by atoms with Gasteiger partial charge < -0.3 is 5.11 Å². The molecule has 0 aliphatic heterocycles. The molecule has 0 fully saturated rings. The Hall–Kier alpha value is -1.38. The first-order chi connectivity index (χ1) is 9.65. The Balaban J connectivity index is 1.97. The van der Waals surface area contributed by atoms with Crippen molar-refractivity contribution < 1.29 is 5.11 Å². The van der Waals surface area contributed by atoms with Crippen molar-refractivity contribution in [2.24, 2.45) is 0 Å². The number of pyridine rings is 1. The zero-order chi connectivity index (χ0) is 14.1. The van der Waals surface area contributed by atoms with Crippen molar-refractivity contribution in [1.29, 1.82) is 0 Å². The number of hydrogen-bond donors (Lipinski definition) is 1. The summed E-state index contributed by atoms with van der Waals surface area (Å²) in [6.45, 7) is 2.00. The van der Waals surface area contributed by atoms with E-state index < -0.39 is 6.10 Å². The molecule has 1 aliphatic carbocycles. The average Bonchev–Trinajstić information content (AvgIpc) is 2.45. The molecule has 3 heteroatoms. The molecule has 0 bridgehead atoms. The molecule has 0 saturated carbocycles. The highest BCUT2D eigenvalue weighted by molar-refractivity contribution is 6.30. The van der Waals surface area contributed by atoms with Crippen LogP contribution in [-0.4, -0.2) is 10.1 Å². The second-order valence-electron chi connectivity index (χ2n) is 5.55. The Morgan fingerprint density at radius 2 is 2.20 bits per heavy atom. The van der Waals surface area contributed by atoms with Gasteiger partial charge >= 0.3 is 0 Å². The van der Waals surface area contributed by atoms with Gasteiger partial charge in [0.05, 0.1) is 6.10 Å². The first-order valence-corrected chi connectivity index (χ1v) is 7.42. The van der Waals surface area contributed by atoms with Gasteiger partial charge in [0.1, 0.15) is 0 Å². The van der Waals surface area contributed by atoms with E-state index in [0.717, 1.165) is 36.1 Å². The molecule has 3 rings (SSSR count). The van der Waals surface area contributed by atoms with Gasteiger partial charge in [-0.25, -0.2) is 0 Å². The van der Waals surface area contributed by atoms with Crippen LogP contribution < -0.4 is 0 Å². The van der Waals surface area contributed by atoms with Crippen LogP contribution in [0.25, 0.3) is 0 Å². The number of aliphatic hydroxyl groups is 1. The number of aliphatic hydroxyl groups excluding tert-OH is 1. The second kappa shape index (κ2) is 5.55. The third kappa shape index (κ3) is 2.58. The van der Waals surface area contributed by atoms with Crippen molar-refractivity contribution in [2.45, 2.75) is 38.2 Å². The predicted octanol–water partition coefficient (Wildman–Crippen LogP) is 4.20. The number of benzene rings is 1. The van der Waals surface area contributed by atoms with Crippen molar-refractivity contribution in [1.82, 2.24) is 4.98 Å². The van der Waals surface area contributed by atoms with Gasteiger partial charge in [0.2, 0.25) is 0 Å². The van der Waals surface area contributed by atoms with Crippen LogP contribution in [-0.2, 0) is 6.42 Å². The third-order valence-electron chi connectivity index (χ3n) is 4.03. The second-order valence-corrected chi connectivity index (χ2v) is 5.99. The minimum Gasteiger partial charge on any atom is -0.388 e. The zero-order valence-corrected chi connectivity index (χ0v) is 12.3. The number of aromatic nitrogens is 1. The van der Waals surface area contributed by atoms with E-state index in [1.807, 2.05) is 37.4 Å². The van der Waals surface area contributed by atoms with Gasteiger partial charge in [-0.05, 0) is 61.1 Å². The standard InChI is InChI=1S/C17H18ClNO/c1-11-8-13(10-14(18)9-11)17(20)15-6-2-4-12-5-3-7-19-16(12)15/h3,5,7-10,15,17,20H,2,4,6H2,1H3. The maximum atomic E-state index is 10.7. The fourth-order valence-electron chi connectivity index (χ4n) is 3.12. The van der Waals surface area contributed by atoms with Crippen molar-refractivity contribution in [3.8, 4) is 0 Å². The lowest BCUT2D eigenvalue weighted by atomic mass is 9.81. The molecule has 2 unspecified atom stereocenters. The van der Waals surface area contributed by atoms with E-state index in [2.05, 4.69) is 11.1 Å². The molecule has 0 amide bonds. The fraction of sp³-hybridized carbons (Fsp3) is 0.353. The SMILES string of the molecule is Cc1cc(Cl)cc(C(O)C2CCCc3cccnc32)c1. The number of halogens is 1. The number of nitrogens with zero attached hydrogens (tertiary/aromatic N) is 1. The van der Waals surface area contributed by atoms with E-state index in [1.165, 1.54) is 5.56 Å². The van der Waals surface area contributed by atoms with Crippen LogP contribution in [0.4, 0.5) is 0 Å². The highest BCUT2D eigenvalue weighted by Gasteiger charge is 2.28. The molecule has 1 N–H and O–H groups in total. The summed E-state index contributed by atoms with van der Waals surface area (Å²) in [6.07, 6.45) is 4.39. The average molecular weight is 288 g/mol. The normalized spacial score (nSPS) is 19.4. The Bertz CT molecular complexity index is 606. The Kier molecular flexibility index (Phi) is 3.77. The lowest BCUT2D eigenvalue weighted by Crippen LogP contribution is -2.18. The largest absolute Gasteiger partial charge is 0.388 e. The monoisotopic (exact) mass is 287 g/mol. The molecule has 0 radical (unpaired) electrons. The number of aryl methyl sites for hydroxylation is 2. The summed E-state index contributed by atoms with van der Waals surface area (Å²) in [5.41, 5.74) is 4.27. The van der Waals surface area contributed by atoms with Gasteiger partial charge in [0.15, 0.2) is 0 Å². The zero-order valence-electron chi connectivity index (χ0n) is 11.5. The molecule has 1 aliphatic rings. The van der Waals surface area contributed by atoms with Gasteiger partial charge in [-0.3, -0.25) is 4.98 Å². The maximum Gasteiger partial charge on any atom is 0.0874 e. The van der Waals surface area contributed by atoms with E-state index in [1.54, 1.807) is 0 Å². The van der Waals surface area contributed by atoms with Crippen LogP contribution in [0.3, 0.4) is 0 Å². The molecule has 2 aromatic rings. The maximum absolute atomic E-state index is 10.7. The van der Waals surface area contributed by atoms with E-state index in [9.17, 15) is 5.11 Å².